The highest BCUT2D eigenvalue weighted by Crippen LogP contribution is 2.16. The van der Waals surface area contributed by atoms with Gasteiger partial charge in [-0.3, -0.25) is 0 Å². The third-order valence-corrected chi connectivity index (χ3v) is 4.94. The molecule has 0 aliphatic carbocycles. The van der Waals surface area contributed by atoms with E-state index in [1.807, 2.05) is 30.9 Å². The maximum Gasteiger partial charge on any atom is 0.152 e. The van der Waals surface area contributed by atoms with Gasteiger partial charge in [0.05, 0.1) is 5.75 Å². The van der Waals surface area contributed by atoms with Crippen molar-refractivity contribution in [3.05, 3.63) is 24.0 Å². The van der Waals surface area contributed by atoms with Gasteiger partial charge in [0.1, 0.15) is 0 Å². The lowest BCUT2D eigenvalue weighted by Crippen LogP contribution is -2.16. The van der Waals surface area contributed by atoms with E-state index in [9.17, 15) is 8.42 Å². The highest BCUT2D eigenvalue weighted by atomic mass is 32.2. The third kappa shape index (κ3) is 4.46. The van der Waals surface area contributed by atoms with Crippen LogP contribution in [0.25, 0.3) is 0 Å². The van der Waals surface area contributed by atoms with Crippen LogP contribution in [0.5, 0.6) is 0 Å². The highest BCUT2D eigenvalue weighted by Gasteiger charge is 2.11. The molecule has 1 aromatic rings. The van der Waals surface area contributed by atoms with E-state index in [2.05, 4.69) is 18.3 Å². The van der Waals surface area contributed by atoms with Gasteiger partial charge in [0.15, 0.2) is 9.84 Å². The largest absolute Gasteiger partial charge is 0.353 e. The number of nitrogens with one attached hydrogen (secondary N) is 1. The Balaban J connectivity index is 2.59. The van der Waals surface area contributed by atoms with Crippen molar-refractivity contribution in [2.75, 3.05) is 18.6 Å². The SMILES string of the molecule is CCCS(=O)(=O)CCn1ccc(C(CC)NC)c1. The first kappa shape index (κ1) is 15.2. The fourth-order valence-corrected chi connectivity index (χ4v) is 3.38. The van der Waals surface area contributed by atoms with Crippen LogP contribution in [0.15, 0.2) is 18.5 Å². The van der Waals surface area contributed by atoms with Crippen molar-refractivity contribution in [2.24, 2.45) is 0 Å². The number of sulfone groups is 1. The first-order chi connectivity index (χ1) is 8.52. The van der Waals surface area contributed by atoms with Crippen molar-refractivity contribution in [3.8, 4) is 0 Å². The minimum Gasteiger partial charge on any atom is -0.353 e. The Hall–Kier alpha value is -0.810. The number of rotatable bonds is 8. The van der Waals surface area contributed by atoms with Crippen LogP contribution >= 0.6 is 0 Å². The molecule has 4 nitrogen and oxygen atoms in total. The summed E-state index contributed by atoms with van der Waals surface area (Å²) in [5.74, 6) is 0.514. The molecule has 5 heteroatoms. The van der Waals surface area contributed by atoms with Gasteiger partial charge in [-0.15, -0.1) is 0 Å². The minimum atomic E-state index is -2.89. The summed E-state index contributed by atoms with van der Waals surface area (Å²) in [5, 5.41) is 3.24. The molecule has 0 bridgehead atoms. The third-order valence-electron chi connectivity index (χ3n) is 3.11. The van der Waals surface area contributed by atoms with E-state index >= 15 is 0 Å². The molecule has 0 saturated heterocycles. The second-order valence-corrected chi connectivity index (χ2v) is 6.89. The minimum absolute atomic E-state index is 0.227. The molecule has 18 heavy (non-hydrogen) atoms. The molecule has 0 saturated carbocycles. The van der Waals surface area contributed by atoms with Crippen LogP contribution < -0.4 is 5.32 Å². The molecule has 1 N–H and O–H groups in total. The van der Waals surface area contributed by atoms with Gasteiger partial charge in [0, 0.05) is 30.7 Å². The molecule has 1 rings (SSSR count). The van der Waals surface area contributed by atoms with Gasteiger partial charge >= 0.3 is 0 Å². The van der Waals surface area contributed by atoms with E-state index < -0.39 is 9.84 Å². The molecule has 0 aliphatic heterocycles. The maximum absolute atomic E-state index is 11.6. The molecule has 0 spiro atoms. The summed E-state index contributed by atoms with van der Waals surface area (Å²) in [7, 11) is -0.947. The van der Waals surface area contributed by atoms with E-state index in [0.717, 1.165) is 6.42 Å². The average Bonchev–Trinajstić information content (AvgIpc) is 2.77. The first-order valence-corrected chi connectivity index (χ1v) is 8.38. The Bertz CT molecular complexity index is 447. The van der Waals surface area contributed by atoms with Gasteiger partial charge in [0.2, 0.25) is 0 Å². The summed E-state index contributed by atoms with van der Waals surface area (Å²) in [6.45, 7) is 4.57. The zero-order valence-electron chi connectivity index (χ0n) is 11.5. The molecule has 1 atom stereocenters. The molecule has 104 valence electrons. The molecule has 0 radical (unpaired) electrons. The van der Waals surface area contributed by atoms with Crippen LogP contribution in [0, 0.1) is 0 Å². The number of hydrogen-bond donors (Lipinski definition) is 1. The molecular weight excluding hydrogens is 248 g/mol. The van der Waals surface area contributed by atoms with Crippen molar-refractivity contribution >= 4 is 9.84 Å². The Labute approximate surface area is 110 Å². The number of nitrogens with zero attached hydrogens (tertiary/aromatic N) is 1. The van der Waals surface area contributed by atoms with Crippen LogP contribution in [0.3, 0.4) is 0 Å². The lowest BCUT2D eigenvalue weighted by molar-refractivity contribution is 0.573. The molecule has 0 aliphatic rings. The predicted molar refractivity (Wildman–Crippen MR) is 75.5 cm³/mol. The molecule has 1 aromatic heterocycles. The molecule has 0 fully saturated rings. The number of aryl methyl sites for hydroxylation is 1. The fourth-order valence-electron chi connectivity index (χ4n) is 2.07. The Morgan fingerprint density at radius 2 is 2.06 bits per heavy atom. The van der Waals surface area contributed by atoms with Crippen LogP contribution in [0.2, 0.25) is 0 Å². The fraction of sp³-hybridized carbons (Fsp3) is 0.692. The lowest BCUT2D eigenvalue weighted by Gasteiger charge is -2.11. The quantitative estimate of drug-likeness (QED) is 0.787. The van der Waals surface area contributed by atoms with Crippen LogP contribution in [0.4, 0.5) is 0 Å². The Morgan fingerprint density at radius 1 is 1.33 bits per heavy atom. The van der Waals surface area contributed by atoms with Crippen molar-refractivity contribution in [2.45, 2.75) is 39.3 Å². The summed E-state index contributed by atoms with van der Waals surface area (Å²) in [5.41, 5.74) is 1.22. The monoisotopic (exact) mass is 272 g/mol. The Morgan fingerprint density at radius 3 is 2.61 bits per heavy atom. The molecule has 0 aromatic carbocycles. The average molecular weight is 272 g/mol. The van der Waals surface area contributed by atoms with Gasteiger partial charge in [-0.2, -0.15) is 0 Å². The van der Waals surface area contributed by atoms with Gasteiger partial charge in [-0.25, -0.2) is 8.42 Å². The van der Waals surface area contributed by atoms with Crippen molar-refractivity contribution in [3.63, 3.8) is 0 Å². The Kier molecular flexibility index (Phi) is 5.88. The molecular formula is C13H24N2O2S. The molecule has 1 unspecified atom stereocenters. The summed E-state index contributed by atoms with van der Waals surface area (Å²) in [4.78, 5) is 0. The predicted octanol–water partition coefficient (Wildman–Crippen LogP) is 1.98. The van der Waals surface area contributed by atoms with E-state index in [0.29, 0.717) is 19.0 Å². The molecule has 1 heterocycles. The van der Waals surface area contributed by atoms with Crippen LogP contribution in [-0.4, -0.2) is 31.5 Å². The highest BCUT2D eigenvalue weighted by molar-refractivity contribution is 7.91. The zero-order valence-corrected chi connectivity index (χ0v) is 12.3. The lowest BCUT2D eigenvalue weighted by atomic mass is 10.1. The summed E-state index contributed by atoms with van der Waals surface area (Å²) in [6, 6.07) is 2.40. The first-order valence-electron chi connectivity index (χ1n) is 6.55. The van der Waals surface area contributed by atoms with E-state index in [4.69, 9.17) is 0 Å². The summed E-state index contributed by atoms with van der Waals surface area (Å²) in [6.07, 6.45) is 5.70. The number of hydrogen-bond acceptors (Lipinski definition) is 3. The standard InChI is InChI=1S/C13H24N2O2S/c1-4-9-18(16,17)10-8-15-7-6-12(11-15)13(5-2)14-3/h6-7,11,13-14H,4-5,8-10H2,1-3H3. The zero-order chi connectivity index (χ0) is 13.6. The molecule has 0 amide bonds. The second-order valence-electron chi connectivity index (χ2n) is 4.58. The normalized spacial score (nSPS) is 13.7. The van der Waals surface area contributed by atoms with E-state index in [1.165, 1.54) is 5.56 Å². The van der Waals surface area contributed by atoms with Gasteiger partial charge in [-0.05, 0) is 31.5 Å². The van der Waals surface area contributed by atoms with Crippen molar-refractivity contribution in [1.82, 2.24) is 9.88 Å². The van der Waals surface area contributed by atoms with E-state index in [-0.39, 0.29) is 11.5 Å². The number of aromatic nitrogens is 1. The maximum atomic E-state index is 11.6. The second kappa shape index (κ2) is 6.95. The topological polar surface area (TPSA) is 51.1 Å². The van der Waals surface area contributed by atoms with E-state index in [1.54, 1.807) is 0 Å². The van der Waals surface area contributed by atoms with Crippen molar-refractivity contribution in [1.29, 1.82) is 0 Å². The van der Waals surface area contributed by atoms with Crippen LogP contribution in [0.1, 0.15) is 38.3 Å². The van der Waals surface area contributed by atoms with Gasteiger partial charge in [-0.1, -0.05) is 13.8 Å². The summed E-state index contributed by atoms with van der Waals surface area (Å²) >= 11 is 0. The van der Waals surface area contributed by atoms with Gasteiger partial charge in [0.25, 0.3) is 0 Å². The smallest absolute Gasteiger partial charge is 0.152 e. The van der Waals surface area contributed by atoms with Crippen molar-refractivity contribution < 1.29 is 8.42 Å². The summed E-state index contributed by atoms with van der Waals surface area (Å²) < 4.78 is 25.2. The van der Waals surface area contributed by atoms with Crippen LogP contribution in [-0.2, 0) is 16.4 Å². The van der Waals surface area contributed by atoms with Gasteiger partial charge < -0.3 is 9.88 Å².